The smallest absolute Gasteiger partial charge is 0.258 e. The lowest BCUT2D eigenvalue weighted by Crippen LogP contribution is -2.12. The van der Waals surface area contributed by atoms with Crippen molar-refractivity contribution in [2.45, 2.75) is 5.16 Å². The van der Waals surface area contributed by atoms with Gasteiger partial charge < -0.3 is 0 Å². The third-order valence-electron chi connectivity index (χ3n) is 2.46. The molecule has 18 heavy (non-hydrogen) atoms. The Morgan fingerprint density at radius 3 is 3.17 bits per heavy atom. The third-order valence-corrected chi connectivity index (χ3v) is 3.40. The fraction of sp³-hybridized carbons (Fsp3) is 0.100. The minimum absolute atomic E-state index is 0.0646. The summed E-state index contributed by atoms with van der Waals surface area (Å²) in [6.45, 7) is 0. The number of hydrogen-bond acceptors (Lipinski definition) is 6. The molecule has 1 aromatic heterocycles. The SMILES string of the molecule is O=[N+]([O-])c1cccc(C2=Nn3cnnc3SC2)c1. The molecule has 0 bridgehead atoms. The molecule has 0 saturated carbocycles. The number of nitro groups is 1. The van der Waals surface area contributed by atoms with E-state index in [1.807, 2.05) is 6.07 Å². The molecule has 0 N–H and O–H groups in total. The van der Waals surface area contributed by atoms with E-state index >= 15 is 0 Å². The van der Waals surface area contributed by atoms with Gasteiger partial charge in [-0.25, -0.2) is 0 Å². The average Bonchev–Trinajstić information content (AvgIpc) is 2.86. The molecule has 2 heterocycles. The van der Waals surface area contributed by atoms with Gasteiger partial charge in [0.05, 0.1) is 10.6 Å². The zero-order valence-electron chi connectivity index (χ0n) is 9.05. The van der Waals surface area contributed by atoms with E-state index in [4.69, 9.17) is 0 Å². The molecule has 0 amide bonds. The summed E-state index contributed by atoms with van der Waals surface area (Å²) in [7, 11) is 0. The van der Waals surface area contributed by atoms with Crippen molar-refractivity contribution in [2.75, 3.05) is 5.75 Å². The first-order valence-corrected chi connectivity index (χ1v) is 6.08. The largest absolute Gasteiger partial charge is 0.270 e. The van der Waals surface area contributed by atoms with Gasteiger partial charge in [0.1, 0.15) is 6.33 Å². The molecule has 0 unspecified atom stereocenters. The highest BCUT2D eigenvalue weighted by molar-refractivity contribution is 7.99. The second-order valence-corrected chi connectivity index (χ2v) is 4.54. The van der Waals surface area contributed by atoms with Crippen molar-refractivity contribution in [1.29, 1.82) is 0 Å². The molecule has 0 fully saturated rings. The molecule has 0 atom stereocenters. The zero-order chi connectivity index (χ0) is 12.5. The number of rotatable bonds is 2. The molecular weight excluding hydrogens is 254 g/mol. The van der Waals surface area contributed by atoms with Gasteiger partial charge >= 0.3 is 0 Å². The van der Waals surface area contributed by atoms with Crippen molar-refractivity contribution in [2.24, 2.45) is 5.10 Å². The number of hydrogen-bond donors (Lipinski definition) is 0. The molecule has 0 aliphatic carbocycles. The van der Waals surface area contributed by atoms with Crippen molar-refractivity contribution in [1.82, 2.24) is 14.9 Å². The van der Waals surface area contributed by atoms with E-state index in [0.29, 0.717) is 5.75 Å². The number of non-ortho nitro benzene ring substituents is 1. The van der Waals surface area contributed by atoms with Gasteiger partial charge in [0, 0.05) is 23.4 Å². The van der Waals surface area contributed by atoms with Crippen LogP contribution in [0, 0.1) is 10.1 Å². The number of nitrogens with zero attached hydrogens (tertiary/aromatic N) is 5. The number of fused-ring (bicyclic) bond motifs is 1. The van der Waals surface area contributed by atoms with Crippen molar-refractivity contribution in [3.05, 3.63) is 46.3 Å². The summed E-state index contributed by atoms with van der Waals surface area (Å²) in [5.41, 5.74) is 1.59. The summed E-state index contributed by atoms with van der Waals surface area (Å²) >= 11 is 1.50. The van der Waals surface area contributed by atoms with Gasteiger partial charge in [-0.15, -0.1) is 10.2 Å². The molecule has 1 aromatic carbocycles. The van der Waals surface area contributed by atoms with Crippen LogP contribution < -0.4 is 0 Å². The van der Waals surface area contributed by atoms with Crippen molar-refractivity contribution < 1.29 is 4.92 Å². The van der Waals surface area contributed by atoms with Crippen LogP contribution >= 0.6 is 11.8 Å². The molecule has 0 radical (unpaired) electrons. The van der Waals surface area contributed by atoms with E-state index in [-0.39, 0.29) is 5.69 Å². The van der Waals surface area contributed by atoms with E-state index < -0.39 is 4.92 Å². The monoisotopic (exact) mass is 261 g/mol. The number of benzene rings is 1. The second-order valence-electron chi connectivity index (χ2n) is 3.60. The van der Waals surface area contributed by atoms with E-state index in [1.54, 1.807) is 10.7 Å². The molecule has 7 nitrogen and oxygen atoms in total. The Labute approximate surface area is 106 Å². The van der Waals surface area contributed by atoms with Crippen molar-refractivity contribution >= 4 is 23.2 Å². The average molecular weight is 261 g/mol. The third kappa shape index (κ3) is 1.86. The molecule has 0 saturated heterocycles. The topological polar surface area (TPSA) is 86.2 Å². The van der Waals surface area contributed by atoms with Gasteiger partial charge in [-0.3, -0.25) is 10.1 Å². The highest BCUT2D eigenvalue weighted by Crippen LogP contribution is 2.23. The summed E-state index contributed by atoms with van der Waals surface area (Å²) in [5.74, 6) is 0.625. The maximum absolute atomic E-state index is 10.7. The highest BCUT2D eigenvalue weighted by atomic mass is 32.2. The lowest BCUT2D eigenvalue weighted by Gasteiger charge is -2.11. The quantitative estimate of drug-likeness (QED) is 0.604. The van der Waals surface area contributed by atoms with Gasteiger partial charge in [-0.2, -0.15) is 9.78 Å². The van der Waals surface area contributed by atoms with Crippen LogP contribution in [-0.2, 0) is 0 Å². The first kappa shape index (κ1) is 10.9. The van der Waals surface area contributed by atoms with Gasteiger partial charge in [-0.05, 0) is 0 Å². The van der Waals surface area contributed by atoms with Crippen molar-refractivity contribution in [3.8, 4) is 0 Å². The van der Waals surface area contributed by atoms with Crippen LogP contribution in [0.3, 0.4) is 0 Å². The van der Waals surface area contributed by atoms with Crippen LogP contribution in [0.25, 0.3) is 0 Å². The lowest BCUT2D eigenvalue weighted by atomic mass is 10.1. The summed E-state index contributed by atoms with van der Waals surface area (Å²) in [4.78, 5) is 10.3. The van der Waals surface area contributed by atoms with Crippen LogP contribution in [0.5, 0.6) is 0 Å². The summed E-state index contributed by atoms with van der Waals surface area (Å²) in [5, 5.41) is 23.4. The van der Waals surface area contributed by atoms with Gasteiger partial charge in [0.15, 0.2) is 0 Å². The molecule has 3 rings (SSSR count). The van der Waals surface area contributed by atoms with Gasteiger partial charge in [-0.1, -0.05) is 23.9 Å². The summed E-state index contributed by atoms with van der Waals surface area (Å²) < 4.78 is 1.57. The van der Waals surface area contributed by atoms with Crippen molar-refractivity contribution in [3.63, 3.8) is 0 Å². The first-order chi connectivity index (χ1) is 8.74. The first-order valence-electron chi connectivity index (χ1n) is 5.09. The predicted octanol–water partition coefficient (Wildman–Crippen LogP) is 1.54. The second kappa shape index (κ2) is 4.22. The van der Waals surface area contributed by atoms with Crippen LogP contribution in [0.4, 0.5) is 5.69 Å². The predicted molar refractivity (Wildman–Crippen MR) is 65.8 cm³/mol. The molecule has 1 aliphatic heterocycles. The number of aromatic nitrogens is 3. The Morgan fingerprint density at radius 2 is 2.33 bits per heavy atom. The maximum Gasteiger partial charge on any atom is 0.270 e. The van der Waals surface area contributed by atoms with Crippen LogP contribution in [0.1, 0.15) is 5.56 Å². The van der Waals surface area contributed by atoms with E-state index in [9.17, 15) is 10.1 Å². The molecule has 1 aliphatic rings. The fourth-order valence-corrected chi connectivity index (χ4v) is 2.43. The fourth-order valence-electron chi connectivity index (χ4n) is 1.61. The van der Waals surface area contributed by atoms with Crippen LogP contribution in [0.15, 0.2) is 40.9 Å². The minimum Gasteiger partial charge on any atom is -0.258 e. The highest BCUT2D eigenvalue weighted by Gasteiger charge is 2.17. The molecular formula is C10H7N5O2S. The van der Waals surface area contributed by atoms with Gasteiger partial charge in [0.25, 0.3) is 5.69 Å². The van der Waals surface area contributed by atoms with Gasteiger partial charge in [0.2, 0.25) is 5.16 Å². The van der Waals surface area contributed by atoms with E-state index in [2.05, 4.69) is 15.3 Å². The summed E-state index contributed by atoms with van der Waals surface area (Å²) in [6.07, 6.45) is 1.51. The molecule has 8 heteroatoms. The lowest BCUT2D eigenvalue weighted by molar-refractivity contribution is -0.384. The Morgan fingerprint density at radius 1 is 1.44 bits per heavy atom. The van der Waals surface area contributed by atoms with E-state index in [0.717, 1.165) is 16.4 Å². The Hall–Kier alpha value is -2.22. The molecule has 90 valence electrons. The van der Waals surface area contributed by atoms with E-state index in [1.165, 1.54) is 30.2 Å². The molecule has 0 spiro atoms. The maximum atomic E-state index is 10.7. The van der Waals surface area contributed by atoms with Crippen LogP contribution in [-0.4, -0.2) is 31.3 Å². The standard InChI is InChI=1S/C10H7N5O2S/c16-15(17)8-3-1-2-7(4-8)9-5-18-10-12-11-6-14(10)13-9/h1-4,6H,5H2. The Balaban J connectivity index is 2.02. The van der Waals surface area contributed by atoms with Crippen LogP contribution in [0.2, 0.25) is 0 Å². The zero-order valence-corrected chi connectivity index (χ0v) is 9.87. The summed E-state index contributed by atoms with van der Waals surface area (Å²) in [6, 6.07) is 6.45. The Kier molecular flexibility index (Phi) is 2.56. The number of nitro benzene ring substituents is 1. The molecule has 2 aromatic rings. The Bertz CT molecular complexity index is 651. The minimum atomic E-state index is -0.412. The number of thioether (sulfide) groups is 1. The normalized spacial score (nSPS) is 13.9.